The molecule has 0 fully saturated rings. The molecular weight excluding hydrogens is 254 g/mol. The molecular formula is C10H7Cl2FN2O. The molecule has 2 rings (SSSR count). The molecule has 0 saturated heterocycles. The van der Waals surface area contributed by atoms with Crippen molar-refractivity contribution in [1.82, 2.24) is 10.2 Å². The number of hydrogen-bond donors (Lipinski definition) is 2. The third kappa shape index (κ3) is 2.04. The van der Waals surface area contributed by atoms with Crippen molar-refractivity contribution in [3.63, 3.8) is 0 Å². The Labute approximate surface area is 101 Å². The fraction of sp³-hybridized carbons (Fsp3) is 0.100. The summed E-state index contributed by atoms with van der Waals surface area (Å²) in [6, 6.07) is 4.12. The van der Waals surface area contributed by atoms with Gasteiger partial charge >= 0.3 is 0 Å². The van der Waals surface area contributed by atoms with E-state index in [1.165, 1.54) is 12.1 Å². The lowest BCUT2D eigenvalue weighted by Gasteiger charge is -2.02. The first-order valence-corrected chi connectivity index (χ1v) is 5.17. The van der Waals surface area contributed by atoms with Gasteiger partial charge in [0.15, 0.2) is 0 Å². The van der Waals surface area contributed by atoms with E-state index in [2.05, 4.69) is 10.2 Å². The minimum atomic E-state index is -0.561. The number of aromatic amines is 1. The summed E-state index contributed by atoms with van der Waals surface area (Å²) in [5.74, 6) is -0.561. The van der Waals surface area contributed by atoms with Crippen LogP contribution in [0.1, 0.15) is 5.69 Å². The zero-order valence-electron chi connectivity index (χ0n) is 7.97. The summed E-state index contributed by atoms with van der Waals surface area (Å²) in [6.45, 7) is -0.166. The third-order valence-electron chi connectivity index (χ3n) is 2.09. The Balaban J connectivity index is 2.51. The molecule has 2 N–H and O–H groups in total. The highest BCUT2D eigenvalue weighted by atomic mass is 35.5. The summed E-state index contributed by atoms with van der Waals surface area (Å²) in [5, 5.41) is 15.6. The molecule has 0 radical (unpaired) electrons. The Morgan fingerprint density at radius 3 is 2.62 bits per heavy atom. The smallest absolute Gasteiger partial charge is 0.142 e. The molecule has 6 heteroatoms. The standard InChI is InChI=1S/C10H7Cl2FN2O/c11-7-3-8(12)9(13)2-6(7)10-1-5(4-16)14-15-10/h1-3,16H,4H2,(H,14,15). The summed E-state index contributed by atoms with van der Waals surface area (Å²) >= 11 is 11.5. The maximum Gasteiger partial charge on any atom is 0.142 e. The maximum absolute atomic E-state index is 13.3. The Morgan fingerprint density at radius 2 is 2.00 bits per heavy atom. The molecule has 1 aromatic carbocycles. The van der Waals surface area contributed by atoms with Crippen molar-refractivity contribution in [1.29, 1.82) is 0 Å². The summed E-state index contributed by atoms with van der Waals surface area (Å²) in [7, 11) is 0. The number of nitrogens with zero attached hydrogens (tertiary/aromatic N) is 1. The van der Waals surface area contributed by atoms with Gasteiger partial charge in [-0.15, -0.1) is 0 Å². The van der Waals surface area contributed by atoms with Gasteiger partial charge in [0, 0.05) is 5.56 Å². The number of aromatic nitrogens is 2. The number of H-pyrrole nitrogens is 1. The van der Waals surface area contributed by atoms with Crippen LogP contribution in [0.3, 0.4) is 0 Å². The average Bonchev–Trinajstić information content (AvgIpc) is 2.71. The Hall–Kier alpha value is -1.10. The highest BCUT2D eigenvalue weighted by Crippen LogP contribution is 2.31. The molecule has 84 valence electrons. The number of aliphatic hydroxyl groups excluding tert-OH is 1. The van der Waals surface area contributed by atoms with Crippen LogP contribution in [0.2, 0.25) is 10.0 Å². The van der Waals surface area contributed by atoms with Crippen molar-refractivity contribution in [2.45, 2.75) is 6.61 Å². The van der Waals surface area contributed by atoms with Crippen LogP contribution < -0.4 is 0 Å². The molecule has 0 aliphatic carbocycles. The second kappa shape index (κ2) is 4.41. The third-order valence-corrected chi connectivity index (χ3v) is 2.69. The first kappa shape index (κ1) is 11.4. The summed E-state index contributed by atoms with van der Waals surface area (Å²) in [6.07, 6.45) is 0. The molecule has 0 bridgehead atoms. The molecule has 0 atom stereocenters. The van der Waals surface area contributed by atoms with Gasteiger partial charge in [-0.2, -0.15) is 5.10 Å². The normalized spacial score (nSPS) is 10.8. The fourth-order valence-electron chi connectivity index (χ4n) is 1.30. The minimum absolute atomic E-state index is 0.0355. The van der Waals surface area contributed by atoms with Gasteiger partial charge < -0.3 is 5.11 Å². The Kier molecular flexibility index (Phi) is 3.14. The van der Waals surface area contributed by atoms with E-state index in [9.17, 15) is 4.39 Å². The van der Waals surface area contributed by atoms with Crippen LogP contribution in [-0.4, -0.2) is 15.3 Å². The van der Waals surface area contributed by atoms with E-state index in [0.29, 0.717) is 22.0 Å². The van der Waals surface area contributed by atoms with Crippen molar-refractivity contribution in [2.24, 2.45) is 0 Å². The maximum atomic E-state index is 13.3. The predicted octanol–water partition coefficient (Wildman–Crippen LogP) is 3.01. The van der Waals surface area contributed by atoms with E-state index in [0.717, 1.165) is 0 Å². The van der Waals surface area contributed by atoms with E-state index >= 15 is 0 Å². The van der Waals surface area contributed by atoms with Gasteiger partial charge in [0.1, 0.15) is 5.82 Å². The van der Waals surface area contributed by atoms with Gasteiger partial charge in [0.05, 0.1) is 28.0 Å². The Morgan fingerprint density at radius 1 is 1.25 bits per heavy atom. The zero-order valence-corrected chi connectivity index (χ0v) is 9.48. The van der Waals surface area contributed by atoms with Crippen molar-refractivity contribution >= 4 is 23.2 Å². The van der Waals surface area contributed by atoms with Crippen molar-refractivity contribution in [2.75, 3.05) is 0 Å². The predicted molar refractivity (Wildman–Crippen MR) is 59.9 cm³/mol. The van der Waals surface area contributed by atoms with Crippen molar-refractivity contribution in [3.8, 4) is 11.3 Å². The number of aliphatic hydroxyl groups is 1. The minimum Gasteiger partial charge on any atom is -0.390 e. The van der Waals surface area contributed by atoms with E-state index in [4.69, 9.17) is 28.3 Å². The van der Waals surface area contributed by atoms with Crippen LogP contribution in [0.4, 0.5) is 4.39 Å². The summed E-state index contributed by atoms with van der Waals surface area (Å²) in [5.41, 5.74) is 1.42. The van der Waals surface area contributed by atoms with Gasteiger partial charge in [-0.1, -0.05) is 23.2 Å². The van der Waals surface area contributed by atoms with Crippen LogP contribution in [-0.2, 0) is 6.61 Å². The van der Waals surface area contributed by atoms with E-state index < -0.39 is 5.82 Å². The molecule has 1 heterocycles. The van der Waals surface area contributed by atoms with Crippen molar-refractivity contribution in [3.05, 3.63) is 39.8 Å². The van der Waals surface area contributed by atoms with Gasteiger partial charge in [-0.3, -0.25) is 5.10 Å². The lowest BCUT2D eigenvalue weighted by Crippen LogP contribution is -1.84. The molecule has 0 aliphatic heterocycles. The molecule has 1 aromatic heterocycles. The van der Waals surface area contributed by atoms with Crippen LogP contribution in [0.15, 0.2) is 18.2 Å². The molecule has 0 aliphatic rings. The van der Waals surface area contributed by atoms with E-state index in [1.807, 2.05) is 0 Å². The van der Waals surface area contributed by atoms with Crippen LogP contribution >= 0.6 is 23.2 Å². The number of benzene rings is 1. The lowest BCUT2D eigenvalue weighted by molar-refractivity contribution is 0.276. The van der Waals surface area contributed by atoms with E-state index in [1.54, 1.807) is 6.07 Å². The van der Waals surface area contributed by atoms with Gasteiger partial charge in [-0.25, -0.2) is 4.39 Å². The average molecular weight is 261 g/mol. The molecule has 0 saturated carbocycles. The first-order valence-electron chi connectivity index (χ1n) is 4.42. The second-order valence-electron chi connectivity index (χ2n) is 3.18. The highest BCUT2D eigenvalue weighted by molar-refractivity contribution is 6.36. The number of hydrogen-bond acceptors (Lipinski definition) is 2. The van der Waals surface area contributed by atoms with Crippen LogP contribution in [0.5, 0.6) is 0 Å². The first-order chi connectivity index (χ1) is 7.61. The number of halogens is 3. The van der Waals surface area contributed by atoms with Crippen LogP contribution in [0, 0.1) is 5.82 Å². The van der Waals surface area contributed by atoms with E-state index in [-0.39, 0.29) is 11.6 Å². The molecule has 0 spiro atoms. The molecule has 16 heavy (non-hydrogen) atoms. The summed E-state index contributed by atoms with van der Waals surface area (Å²) in [4.78, 5) is 0. The van der Waals surface area contributed by atoms with Gasteiger partial charge in [-0.05, 0) is 18.2 Å². The molecule has 0 unspecified atom stereocenters. The summed E-state index contributed by atoms with van der Waals surface area (Å²) < 4.78 is 13.3. The topological polar surface area (TPSA) is 48.9 Å². The van der Waals surface area contributed by atoms with Crippen molar-refractivity contribution < 1.29 is 9.50 Å². The second-order valence-corrected chi connectivity index (χ2v) is 4.00. The quantitative estimate of drug-likeness (QED) is 0.816. The number of nitrogens with one attached hydrogen (secondary N) is 1. The monoisotopic (exact) mass is 260 g/mol. The molecule has 3 nitrogen and oxygen atoms in total. The largest absolute Gasteiger partial charge is 0.390 e. The Bertz CT molecular complexity index is 528. The SMILES string of the molecule is OCc1cc(-c2cc(F)c(Cl)cc2Cl)n[nH]1. The molecule has 2 aromatic rings. The van der Waals surface area contributed by atoms with Gasteiger partial charge in [0.2, 0.25) is 0 Å². The van der Waals surface area contributed by atoms with Crippen LogP contribution in [0.25, 0.3) is 11.3 Å². The zero-order chi connectivity index (χ0) is 11.7. The number of rotatable bonds is 2. The lowest BCUT2D eigenvalue weighted by atomic mass is 10.1. The highest BCUT2D eigenvalue weighted by Gasteiger charge is 2.11. The molecule has 0 amide bonds. The fourth-order valence-corrected chi connectivity index (χ4v) is 1.78. The van der Waals surface area contributed by atoms with Gasteiger partial charge in [0.25, 0.3) is 0 Å².